The summed E-state index contributed by atoms with van der Waals surface area (Å²) in [7, 11) is 0. The molecule has 6 heteroatoms. The molecule has 0 aromatic heterocycles. The van der Waals surface area contributed by atoms with Gasteiger partial charge in [0.2, 0.25) is 0 Å². The maximum atomic E-state index is 11.6. The lowest BCUT2D eigenvalue weighted by molar-refractivity contribution is -0.115. The van der Waals surface area contributed by atoms with Crippen molar-refractivity contribution >= 4 is 29.0 Å². The van der Waals surface area contributed by atoms with E-state index in [9.17, 15) is 9.59 Å². The van der Waals surface area contributed by atoms with Crippen LogP contribution in [0.5, 0.6) is 11.5 Å². The Morgan fingerprint density at radius 1 is 0.917 bits per heavy atom. The smallest absolute Gasteiger partial charge is 0.290 e. The third-order valence-corrected chi connectivity index (χ3v) is 4.01. The zero-order valence-electron chi connectivity index (χ0n) is 12.7. The summed E-state index contributed by atoms with van der Waals surface area (Å²) in [6.45, 7) is 0.774. The normalized spacial score (nSPS) is 15.4. The van der Waals surface area contributed by atoms with Crippen LogP contribution in [0, 0.1) is 0 Å². The number of benzene rings is 2. The number of carbonyl (C=O) groups excluding carboxylic acids is 2. The van der Waals surface area contributed by atoms with E-state index in [1.165, 1.54) is 0 Å². The largest absolute Gasteiger partial charge is 0.490 e. The van der Waals surface area contributed by atoms with Crippen LogP contribution in [0.3, 0.4) is 0 Å². The van der Waals surface area contributed by atoms with E-state index >= 15 is 0 Å². The number of hydrogen-bond donors (Lipinski definition) is 1. The van der Waals surface area contributed by atoms with Crippen LogP contribution in [0.4, 0.5) is 4.79 Å². The molecule has 0 aliphatic carbocycles. The van der Waals surface area contributed by atoms with Crippen molar-refractivity contribution in [2.45, 2.75) is 0 Å². The first kappa shape index (κ1) is 16.1. The van der Waals surface area contributed by atoms with Gasteiger partial charge in [0.15, 0.2) is 0 Å². The Morgan fingerprint density at radius 3 is 2.38 bits per heavy atom. The van der Waals surface area contributed by atoms with Gasteiger partial charge in [-0.15, -0.1) is 0 Å². The lowest BCUT2D eigenvalue weighted by Crippen LogP contribution is -2.17. The number of amides is 2. The predicted molar refractivity (Wildman–Crippen MR) is 93.0 cm³/mol. The molecule has 0 atom stereocenters. The monoisotopic (exact) mass is 341 g/mol. The highest BCUT2D eigenvalue weighted by Crippen LogP contribution is 2.29. The van der Waals surface area contributed by atoms with E-state index in [0.717, 1.165) is 23.1 Å². The Hall–Kier alpha value is -2.73. The number of ether oxygens (including phenoxy) is 2. The van der Waals surface area contributed by atoms with Gasteiger partial charge in [0.05, 0.1) is 4.91 Å². The second kappa shape index (κ2) is 7.70. The SMILES string of the molecule is O=C1NC(=O)/C(=C/c2ccccc2OCCOc2ccccc2)S1. The Labute approximate surface area is 143 Å². The van der Waals surface area contributed by atoms with Crippen molar-refractivity contribution in [3.63, 3.8) is 0 Å². The molecule has 0 saturated carbocycles. The average molecular weight is 341 g/mol. The minimum Gasteiger partial charge on any atom is -0.490 e. The van der Waals surface area contributed by atoms with E-state index in [4.69, 9.17) is 9.47 Å². The molecule has 122 valence electrons. The molecule has 2 amide bonds. The Morgan fingerprint density at radius 2 is 1.62 bits per heavy atom. The van der Waals surface area contributed by atoms with E-state index in [1.54, 1.807) is 6.08 Å². The molecule has 3 rings (SSSR count). The fourth-order valence-electron chi connectivity index (χ4n) is 2.12. The van der Waals surface area contributed by atoms with Gasteiger partial charge in [-0.2, -0.15) is 0 Å². The summed E-state index contributed by atoms with van der Waals surface area (Å²) in [6.07, 6.45) is 1.65. The highest BCUT2D eigenvalue weighted by atomic mass is 32.2. The van der Waals surface area contributed by atoms with Crippen molar-refractivity contribution in [3.05, 3.63) is 65.1 Å². The molecule has 24 heavy (non-hydrogen) atoms. The van der Waals surface area contributed by atoms with Crippen LogP contribution in [0.15, 0.2) is 59.5 Å². The Balaban J connectivity index is 1.61. The molecule has 1 aliphatic rings. The third kappa shape index (κ3) is 4.17. The van der Waals surface area contributed by atoms with Gasteiger partial charge < -0.3 is 9.47 Å². The number of thioether (sulfide) groups is 1. The van der Waals surface area contributed by atoms with Crippen molar-refractivity contribution in [2.75, 3.05) is 13.2 Å². The lowest BCUT2D eigenvalue weighted by Gasteiger charge is -2.10. The van der Waals surface area contributed by atoms with Crippen LogP contribution in [-0.2, 0) is 4.79 Å². The molecule has 0 radical (unpaired) electrons. The summed E-state index contributed by atoms with van der Waals surface area (Å²) in [5.41, 5.74) is 0.740. The van der Waals surface area contributed by atoms with Gasteiger partial charge in [-0.1, -0.05) is 36.4 Å². The van der Waals surface area contributed by atoms with E-state index in [-0.39, 0.29) is 11.1 Å². The van der Waals surface area contributed by atoms with Crippen LogP contribution in [0.1, 0.15) is 5.56 Å². The van der Waals surface area contributed by atoms with Gasteiger partial charge in [0, 0.05) is 5.56 Å². The molecule has 2 aromatic carbocycles. The van der Waals surface area contributed by atoms with Crippen LogP contribution < -0.4 is 14.8 Å². The first-order valence-electron chi connectivity index (χ1n) is 7.37. The van der Waals surface area contributed by atoms with E-state index in [0.29, 0.717) is 23.9 Å². The van der Waals surface area contributed by atoms with Crippen LogP contribution in [0.25, 0.3) is 6.08 Å². The number of imide groups is 1. The Bertz CT molecular complexity index is 774. The van der Waals surface area contributed by atoms with Gasteiger partial charge in [-0.05, 0) is 36.0 Å². The fourth-order valence-corrected chi connectivity index (χ4v) is 2.79. The fraction of sp³-hybridized carbons (Fsp3) is 0.111. The molecule has 5 nitrogen and oxygen atoms in total. The van der Waals surface area contributed by atoms with Gasteiger partial charge in [0.25, 0.3) is 11.1 Å². The molecule has 1 N–H and O–H groups in total. The van der Waals surface area contributed by atoms with E-state index < -0.39 is 0 Å². The minimum absolute atomic E-state index is 0.358. The first-order valence-corrected chi connectivity index (χ1v) is 8.18. The third-order valence-electron chi connectivity index (χ3n) is 3.20. The molecule has 1 aliphatic heterocycles. The maximum Gasteiger partial charge on any atom is 0.290 e. The second-order valence-electron chi connectivity index (χ2n) is 4.90. The van der Waals surface area contributed by atoms with E-state index in [2.05, 4.69) is 5.32 Å². The van der Waals surface area contributed by atoms with Crippen molar-refractivity contribution in [1.29, 1.82) is 0 Å². The lowest BCUT2D eigenvalue weighted by atomic mass is 10.2. The van der Waals surface area contributed by atoms with Crippen molar-refractivity contribution in [2.24, 2.45) is 0 Å². The number of carbonyl (C=O) groups is 2. The standard InChI is InChI=1S/C18H15NO4S/c20-17-16(24-18(21)19-17)12-13-6-4-5-9-15(13)23-11-10-22-14-7-2-1-3-8-14/h1-9,12H,10-11H2,(H,19,20,21)/b16-12-. The molecule has 0 unspecified atom stereocenters. The molecule has 0 bridgehead atoms. The van der Waals surface area contributed by atoms with Gasteiger partial charge >= 0.3 is 0 Å². The Kier molecular flexibility index (Phi) is 5.18. The van der Waals surface area contributed by atoms with Crippen molar-refractivity contribution < 1.29 is 19.1 Å². The topological polar surface area (TPSA) is 64.6 Å². The summed E-state index contributed by atoms with van der Waals surface area (Å²) in [5.74, 6) is 1.04. The molecule has 0 spiro atoms. The average Bonchev–Trinajstić information content (AvgIpc) is 2.91. The summed E-state index contributed by atoms with van der Waals surface area (Å²) in [5, 5.41) is 1.87. The van der Waals surface area contributed by atoms with Gasteiger partial charge in [-0.25, -0.2) is 0 Å². The van der Waals surface area contributed by atoms with Gasteiger partial charge in [-0.3, -0.25) is 14.9 Å². The molecule has 1 saturated heterocycles. The van der Waals surface area contributed by atoms with Gasteiger partial charge in [0.1, 0.15) is 24.7 Å². The predicted octanol–water partition coefficient (Wildman–Crippen LogP) is 3.47. The number of hydrogen-bond acceptors (Lipinski definition) is 5. The van der Waals surface area contributed by atoms with Crippen LogP contribution in [0.2, 0.25) is 0 Å². The zero-order valence-corrected chi connectivity index (χ0v) is 13.5. The number of rotatable bonds is 6. The summed E-state index contributed by atoms with van der Waals surface area (Å²) in [6, 6.07) is 16.8. The highest BCUT2D eigenvalue weighted by Gasteiger charge is 2.25. The summed E-state index contributed by atoms with van der Waals surface area (Å²) < 4.78 is 11.3. The van der Waals surface area contributed by atoms with Crippen LogP contribution >= 0.6 is 11.8 Å². The number of nitrogens with one attached hydrogen (secondary N) is 1. The zero-order chi connectivity index (χ0) is 16.8. The van der Waals surface area contributed by atoms with Crippen molar-refractivity contribution in [3.8, 4) is 11.5 Å². The van der Waals surface area contributed by atoms with E-state index in [1.807, 2.05) is 54.6 Å². The molecule has 1 heterocycles. The molecular weight excluding hydrogens is 326 g/mol. The molecular formula is C18H15NO4S. The van der Waals surface area contributed by atoms with Crippen LogP contribution in [-0.4, -0.2) is 24.4 Å². The second-order valence-corrected chi connectivity index (χ2v) is 5.91. The minimum atomic E-state index is -0.382. The van der Waals surface area contributed by atoms with Crippen molar-refractivity contribution in [1.82, 2.24) is 5.32 Å². The molecule has 1 fully saturated rings. The number of para-hydroxylation sites is 2. The summed E-state index contributed by atoms with van der Waals surface area (Å²) in [4.78, 5) is 23.2. The first-order chi connectivity index (χ1) is 11.7. The highest BCUT2D eigenvalue weighted by molar-refractivity contribution is 8.18. The summed E-state index contributed by atoms with van der Waals surface area (Å²) >= 11 is 0.884. The maximum absolute atomic E-state index is 11.6. The molecule has 2 aromatic rings. The quantitative estimate of drug-likeness (QED) is 0.644.